The van der Waals surface area contributed by atoms with E-state index in [0.29, 0.717) is 11.5 Å². The quantitative estimate of drug-likeness (QED) is 0.844. The zero-order valence-corrected chi connectivity index (χ0v) is 15.7. The number of hydrogen-bond donors (Lipinski definition) is 2. The number of aromatic nitrogens is 2. The molecule has 3 rings (SSSR count). The second-order valence-corrected chi connectivity index (χ2v) is 6.93. The van der Waals surface area contributed by atoms with Gasteiger partial charge >= 0.3 is 6.03 Å². The number of halogens is 1. The van der Waals surface area contributed by atoms with Crippen LogP contribution in [0.1, 0.15) is 18.4 Å². The van der Waals surface area contributed by atoms with Crippen LogP contribution >= 0.6 is 0 Å². The first-order chi connectivity index (χ1) is 13.0. The minimum Gasteiger partial charge on any atom is -0.361 e. The Morgan fingerprint density at radius 3 is 2.63 bits per heavy atom. The number of hydrogen-bond acceptors (Lipinski definition) is 5. The van der Waals surface area contributed by atoms with Gasteiger partial charge in [-0.3, -0.25) is 4.90 Å². The van der Waals surface area contributed by atoms with Crippen LogP contribution in [0.4, 0.5) is 20.7 Å². The summed E-state index contributed by atoms with van der Waals surface area (Å²) in [5, 5.41) is 5.85. The second kappa shape index (κ2) is 8.77. The van der Waals surface area contributed by atoms with Crippen LogP contribution in [0, 0.1) is 5.82 Å². The van der Waals surface area contributed by atoms with Crippen molar-refractivity contribution < 1.29 is 9.18 Å². The van der Waals surface area contributed by atoms with Gasteiger partial charge in [-0.2, -0.15) is 0 Å². The molecule has 0 aliphatic carbocycles. The largest absolute Gasteiger partial charge is 0.361 e. The minimum absolute atomic E-state index is 0.127. The van der Waals surface area contributed by atoms with Gasteiger partial charge in [0.1, 0.15) is 17.8 Å². The zero-order valence-electron chi connectivity index (χ0n) is 15.7. The molecule has 2 aromatic rings. The number of anilines is 2. The predicted octanol–water partition coefficient (Wildman–Crippen LogP) is 2.47. The van der Waals surface area contributed by atoms with Gasteiger partial charge in [0, 0.05) is 39.8 Å². The van der Waals surface area contributed by atoms with E-state index >= 15 is 0 Å². The summed E-state index contributed by atoms with van der Waals surface area (Å²) in [6.07, 6.45) is 4.79. The first kappa shape index (κ1) is 19.0. The molecule has 0 unspecified atom stereocenters. The first-order valence-electron chi connectivity index (χ1n) is 9.03. The van der Waals surface area contributed by atoms with Gasteiger partial charge in [0.05, 0.1) is 6.20 Å². The fraction of sp³-hybridized carbons (Fsp3) is 0.421. The first-order valence-corrected chi connectivity index (χ1v) is 9.03. The molecule has 144 valence electrons. The number of nitrogens with zero attached hydrogens (tertiary/aromatic N) is 4. The van der Waals surface area contributed by atoms with Crippen molar-refractivity contribution in [2.75, 3.05) is 37.4 Å². The van der Waals surface area contributed by atoms with Gasteiger partial charge < -0.3 is 15.5 Å². The van der Waals surface area contributed by atoms with E-state index in [9.17, 15) is 9.18 Å². The lowest BCUT2D eigenvalue weighted by molar-refractivity contribution is 0.190. The maximum absolute atomic E-state index is 13.0. The molecule has 1 aliphatic rings. The van der Waals surface area contributed by atoms with Crippen LogP contribution in [0.25, 0.3) is 0 Å². The number of urea groups is 1. The maximum Gasteiger partial charge on any atom is 0.319 e. The molecule has 0 atom stereocenters. The number of amides is 2. The molecular formula is C19H25FN6O. The van der Waals surface area contributed by atoms with E-state index in [4.69, 9.17) is 0 Å². The number of benzene rings is 1. The Morgan fingerprint density at radius 1 is 1.26 bits per heavy atom. The summed E-state index contributed by atoms with van der Waals surface area (Å²) in [5.41, 5.74) is 1.68. The average Bonchev–Trinajstić information content (AvgIpc) is 2.65. The summed E-state index contributed by atoms with van der Waals surface area (Å²) in [4.78, 5) is 24.6. The van der Waals surface area contributed by atoms with Gasteiger partial charge in [0.15, 0.2) is 5.82 Å². The van der Waals surface area contributed by atoms with Crippen LogP contribution in [0.5, 0.6) is 0 Å². The van der Waals surface area contributed by atoms with Crippen molar-refractivity contribution in [3.8, 4) is 0 Å². The smallest absolute Gasteiger partial charge is 0.319 e. The van der Waals surface area contributed by atoms with E-state index < -0.39 is 0 Å². The topological polar surface area (TPSA) is 73.4 Å². The van der Waals surface area contributed by atoms with Gasteiger partial charge in [-0.1, -0.05) is 12.1 Å². The summed E-state index contributed by atoms with van der Waals surface area (Å²) in [6, 6.07) is 6.49. The Labute approximate surface area is 158 Å². The second-order valence-electron chi connectivity index (χ2n) is 6.93. The number of likely N-dealkylation sites (tertiary alicyclic amines) is 1. The normalized spacial score (nSPS) is 15.4. The van der Waals surface area contributed by atoms with E-state index in [1.807, 2.05) is 31.1 Å². The van der Waals surface area contributed by atoms with Crippen LogP contribution < -0.4 is 15.5 Å². The lowest BCUT2D eigenvalue weighted by Crippen LogP contribution is -2.45. The van der Waals surface area contributed by atoms with Crippen LogP contribution in [0.2, 0.25) is 0 Å². The van der Waals surface area contributed by atoms with Crippen molar-refractivity contribution in [3.05, 3.63) is 48.2 Å². The molecule has 0 bridgehead atoms. The van der Waals surface area contributed by atoms with Gasteiger partial charge in [-0.25, -0.2) is 19.2 Å². The number of carbonyl (C=O) groups is 1. The Morgan fingerprint density at radius 2 is 1.96 bits per heavy atom. The molecule has 1 saturated heterocycles. The molecule has 1 aromatic heterocycles. The highest BCUT2D eigenvalue weighted by molar-refractivity contribution is 5.92. The number of piperidine rings is 1. The summed E-state index contributed by atoms with van der Waals surface area (Å²) in [7, 11) is 3.73. The third-order valence-electron chi connectivity index (χ3n) is 4.61. The van der Waals surface area contributed by atoms with E-state index in [1.54, 1.807) is 6.20 Å². The third-order valence-corrected chi connectivity index (χ3v) is 4.61. The Hall–Kier alpha value is -2.74. The molecule has 1 aliphatic heterocycles. The van der Waals surface area contributed by atoms with Gasteiger partial charge in [-0.15, -0.1) is 0 Å². The summed E-state index contributed by atoms with van der Waals surface area (Å²) < 4.78 is 13.0. The summed E-state index contributed by atoms with van der Waals surface area (Å²) in [6.45, 7) is 2.58. The predicted molar refractivity (Wildman–Crippen MR) is 103 cm³/mol. The van der Waals surface area contributed by atoms with Crippen molar-refractivity contribution in [1.29, 1.82) is 0 Å². The van der Waals surface area contributed by atoms with E-state index in [-0.39, 0.29) is 17.9 Å². The molecule has 2 amide bonds. The van der Waals surface area contributed by atoms with E-state index in [1.165, 1.54) is 18.5 Å². The molecule has 2 N–H and O–H groups in total. The van der Waals surface area contributed by atoms with Crippen molar-refractivity contribution in [2.24, 2.45) is 0 Å². The highest BCUT2D eigenvalue weighted by Crippen LogP contribution is 2.19. The van der Waals surface area contributed by atoms with E-state index in [2.05, 4.69) is 25.5 Å². The molecular weight excluding hydrogens is 347 g/mol. The molecule has 2 heterocycles. The highest BCUT2D eigenvalue weighted by atomic mass is 19.1. The minimum atomic E-state index is -0.245. The van der Waals surface area contributed by atoms with Gasteiger partial charge in [0.2, 0.25) is 0 Å². The Kier molecular flexibility index (Phi) is 6.18. The van der Waals surface area contributed by atoms with Crippen LogP contribution in [0.3, 0.4) is 0 Å². The monoisotopic (exact) mass is 372 g/mol. The van der Waals surface area contributed by atoms with Gasteiger partial charge in [0.25, 0.3) is 0 Å². The van der Waals surface area contributed by atoms with Crippen LogP contribution in [-0.2, 0) is 6.54 Å². The fourth-order valence-corrected chi connectivity index (χ4v) is 3.19. The van der Waals surface area contributed by atoms with Crippen LogP contribution in [-0.4, -0.2) is 54.1 Å². The lowest BCUT2D eigenvalue weighted by atomic mass is 10.0. The molecule has 7 nitrogen and oxygen atoms in total. The molecule has 27 heavy (non-hydrogen) atoms. The van der Waals surface area contributed by atoms with Crippen molar-refractivity contribution in [2.45, 2.75) is 25.4 Å². The standard InChI is InChI=1S/C19H25FN6O/c1-25(2)18-17(11-21-13-22-18)24-19(27)23-16-7-9-26(10-8-16)12-14-3-5-15(20)6-4-14/h3-6,11,13,16H,7-10,12H2,1-2H3,(H2,23,24,27). The van der Waals surface area contributed by atoms with Crippen LogP contribution in [0.15, 0.2) is 36.8 Å². The van der Waals surface area contributed by atoms with Crippen molar-refractivity contribution >= 4 is 17.5 Å². The highest BCUT2D eigenvalue weighted by Gasteiger charge is 2.21. The Bertz CT molecular complexity index is 759. The molecule has 0 radical (unpaired) electrons. The van der Waals surface area contributed by atoms with E-state index in [0.717, 1.165) is 38.0 Å². The summed E-state index contributed by atoms with van der Waals surface area (Å²) >= 11 is 0. The number of nitrogens with one attached hydrogen (secondary N) is 2. The number of rotatable bonds is 5. The third kappa shape index (κ3) is 5.37. The number of carbonyl (C=O) groups excluding carboxylic acids is 1. The Balaban J connectivity index is 1.46. The fourth-order valence-electron chi connectivity index (χ4n) is 3.19. The van der Waals surface area contributed by atoms with Crippen molar-refractivity contribution in [3.63, 3.8) is 0 Å². The molecule has 0 saturated carbocycles. The van der Waals surface area contributed by atoms with Crippen molar-refractivity contribution in [1.82, 2.24) is 20.2 Å². The lowest BCUT2D eigenvalue weighted by Gasteiger charge is -2.32. The molecule has 1 aromatic carbocycles. The molecule has 0 spiro atoms. The molecule has 8 heteroatoms. The average molecular weight is 372 g/mol. The summed E-state index contributed by atoms with van der Waals surface area (Å²) in [5.74, 6) is 0.447. The maximum atomic E-state index is 13.0. The SMILES string of the molecule is CN(C)c1ncncc1NC(=O)NC1CCN(Cc2ccc(F)cc2)CC1. The zero-order chi connectivity index (χ0) is 19.2. The molecule has 1 fully saturated rings. The van der Waals surface area contributed by atoms with Gasteiger partial charge in [-0.05, 0) is 30.5 Å².